The van der Waals surface area contributed by atoms with Crippen molar-refractivity contribution >= 4 is 17.7 Å². The number of nitrogens with one attached hydrogen (secondary N) is 2. The zero-order valence-electron chi connectivity index (χ0n) is 9.27. The fourth-order valence-corrected chi connectivity index (χ4v) is 2.59. The molecule has 1 aromatic rings. The molecule has 1 aliphatic rings. The van der Waals surface area contributed by atoms with Gasteiger partial charge in [-0.2, -0.15) is 5.10 Å². The van der Waals surface area contributed by atoms with Gasteiger partial charge in [0.25, 0.3) is 0 Å². The van der Waals surface area contributed by atoms with Gasteiger partial charge < -0.3 is 5.32 Å². The summed E-state index contributed by atoms with van der Waals surface area (Å²) in [6.07, 6.45) is 2.59. The van der Waals surface area contributed by atoms with Gasteiger partial charge in [-0.3, -0.25) is 14.8 Å². The maximum absolute atomic E-state index is 11.6. The van der Waals surface area contributed by atoms with E-state index in [2.05, 4.69) is 15.7 Å². The van der Waals surface area contributed by atoms with Crippen molar-refractivity contribution < 1.29 is 4.79 Å². The molecule has 1 atom stereocenters. The smallest absolute Gasteiger partial charge is 0.238 e. The second-order valence-corrected chi connectivity index (χ2v) is 4.79. The molecule has 1 saturated heterocycles. The number of carbonyl (C=O) groups excluding carboxylic acids is 1. The molecule has 2 N–H and O–H groups in total. The van der Waals surface area contributed by atoms with Crippen LogP contribution in [0.15, 0.2) is 12.3 Å². The first-order valence-electron chi connectivity index (χ1n) is 5.33. The zero-order valence-corrected chi connectivity index (χ0v) is 10.1. The van der Waals surface area contributed by atoms with Gasteiger partial charge in [0.05, 0.1) is 6.04 Å². The van der Waals surface area contributed by atoms with Crippen molar-refractivity contribution in [1.82, 2.24) is 20.4 Å². The highest BCUT2D eigenvalue weighted by Crippen LogP contribution is 2.09. The summed E-state index contributed by atoms with van der Waals surface area (Å²) >= 11 is 1.76. The zero-order chi connectivity index (χ0) is 11.4. The summed E-state index contributed by atoms with van der Waals surface area (Å²) in [4.78, 5) is 11.6. The summed E-state index contributed by atoms with van der Waals surface area (Å²) < 4.78 is 1.83. The number of aromatic nitrogens is 2. The summed E-state index contributed by atoms with van der Waals surface area (Å²) in [6, 6.07) is 1.95. The van der Waals surface area contributed by atoms with Crippen LogP contribution >= 0.6 is 11.8 Å². The molecule has 1 unspecified atom stereocenters. The molecule has 0 bridgehead atoms. The van der Waals surface area contributed by atoms with Crippen LogP contribution in [0.25, 0.3) is 0 Å². The van der Waals surface area contributed by atoms with Crippen LogP contribution in [-0.4, -0.2) is 39.9 Å². The standard InChI is InChI=1S/C10H16N4OS/c1-14-8(3-5-13-14)2-4-11-10(15)9-6-16-7-12-9/h3,5,9,12H,2,4,6-7H2,1H3,(H,11,15). The van der Waals surface area contributed by atoms with Gasteiger partial charge in [-0.25, -0.2) is 0 Å². The maximum atomic E-state index is 11.6. The lowest BCUT2D eigenvalue weighted by atomic mass is 10.3. The minimum atomic E-state index is -0.0171. The molecule has 1 amide bonds. The second kappa shape index (κ2) is 5.36. The Morgan fingerprint density at radius 2 is 2.69 bits per heavy atom. The monoisotopic (exact) mass is 240 g/mol. The molecule has 2 heterocycles. The molecule has 2 rings (SSSR count). The Bertz CT molecular complexity index is 359. The normalized spacial score (nSPS) is 19.9. The van der Waals surface area contributed by atoms with Crippen molar-refractivity contribution in [2.45, 2.75) is 12.5 Å². The topological polar surface area (TPSA) is 59.0 Å². The second-order valence-electron chi connectivity index (χ2n) is 3.76. The first-order chi connectivity index (χ1) is 7.77. The van der Waals surface area contributed by atoms with Crippen LogP contribution in [0.4, 0.5) is 0 Å². The predicted octanol–water partition coefficient (Wildman–Crippen LogP) is -0.259. The van der Waals surface area contributed by atoms with E-state index in [1.165, 1.54) is 0 Å². The predicted molar refractivity (Wildman–Crippen MR) is 64.2 cm³/mol. The van der Waals surface area contributed by atoms with E-state index in [0.717, 1.165) is 23.7 Å². The fraction of sp³-hybridized carbons (Fsp3) is 0.600. The number of hydrogen-bond acceptors (Lipinski definition) is 4. The maximum Gasteiger partial charge on any atom is 0.238 e. The van der Waals surface area contributed by atoms with Gasteiger partial charge >= 0.3 is 0 Å². The van der Waals surface area contributed by atoms with E-state index in [1.54, 1.807) is 18.0 Å². The number of aryl methyl sites for hydroxylation is 1. The summed E-state index contributed by atoms with van der Waals surface area (Å²) in [5.74, 6) is 1.85. The molecule has 5 nitrogen and oxygen atoms in total. The van der Waals surface area contributed by atoms with Gasteiger partial charge in [0.15, 0.2) is 0 Å². The van der Waals surface area contributed by atoms with Crippen molar-refractivity contribution in [3.8, 4) is 0 Å². The van der Waals surface area contributed by atoms with Crippen molar-refractivity contribution in [2.75, 3.05) is 18.2 Å². The molecule has 0 saturated carbocycles. The quantitative estimate of drug-likeness (QED) is 0.761. The SMILES string of the molecule is Cn1nccc1CCNC(=O)C1CSCN1. The molecule has 16 heavy (non-hydrogen) atoms. The molecular weight excluding hydrogens is 224 g/mol. The Morgan fingerprint density at radius 3 is 3.31 bits per heavy atom. The van der Waals surface area contributed by atoms with Crippen LogP contribution in [0.2, 0.25) is 0 Å². The van der Waals surface area contributed by atoms with Crippen molar-refractivity contribution in [1.29, 1.82) is 0 Å². The van der Waals surface area contributed by atoms with Crippen LogP contribution in [0.5, 0.6) is 0 Å². The molecule has 1 aliphatic heterocycles. The minimum Gasteiger partial charge on any atom is -0.354 e. The van der Waals surface area contributed by atoms with Crippen molar-refractivity contribution in [2.24, 2.45) is 7.05 Å². The molecule has 0 radical (unpaired) electrons. The lowest BCUT2D eigenvalue weighted by Gasteiger charge is -2.10. The highest BCUT2D eigenvalue weighted by atomic mass is 32.2. The third kappa shape index (κ3) is 2.76. The third-order valence-corrected chi connectivity index (χ3v) is 3.58. The number of nitrogens with zero attached hydrogens (tertiary/aromatic N) is 2. The molecule has 88 valence electrons. The Morgan fingerprint density at radius 1 is 1.81 bits per heavy atom. The van der Waals surface area contributed by atoms with E-state index < -0.39 is 0 Å². The van der Waals surface area contributed by atoms with Gasteiger partial charge in [0.1, 0.15) is 0 Å². The number of rotatable bonds is 4. The van der Waals surface area contributed by atoms with Gasteiger partial charge in [0, 0.05) is 43.5 Å². The molecule has 0 aromatic carbocycles. The molecule has 6 heteroatoms. The largest absolute Gasteiger partial charge is 0.354 e. The van der Waals surface area contributed by atoms with E-state index in [0.29, 0.717) is 6.54 Å². The fourth-order valence-electron chi connectivity index (χ4n) is 1.65. The van der Waals surface area contributed by atoms with Gasteiger partial charge in [-0.05, 0) is 6.07 Å². The van der Waals surface area contributed by atoms with E-state index in [1.807, 2.05) is 17.8 Å². The summed E-state index contributed by atoms with van der Waals surface area (Å²) in [5, 5.41) is 10.2. The Labute approximate surface area is 99.0 Å². The van der Waals surface area contributed by atoms with Crippen molar-refractivity contribution in [3.05, 3.63) is 18.0 Å². The Balaban J connectivity index is 1.71. The van der Waals surface area contributed by atoms with Crippen LogP contribution < -0.4 is 10.6 Å². The van der Waals surface area contributed by atoms with Gasteiger partial charge in [-0.15, -0.1) is 11.8 Å². The lowest BCUT2D eigenvalue weighted by molar-refractivity contribution is -0.122. The number of carbonyl (C=O) groups is 1. The molecule has 1 aromatic heterocycles. The van der Waals surface area contributed by atoms with Crippen LogP contribution in [0.1, 0.15) is 5.69 Å². The summed E-state index contributed by atoms with van der Waals surface area (Å²) in [7, 11) is 1.91. The average molecular weight is 240 g/mol. The van der Waals surface area contributed by atoms with E-state index in [-0.39, 0.29) is 11.9 Å². The first kappa shape index (κ1) is 11.5. The molecule has 1 fully saturated rings. The minimum absolute atomic E-state index is 0.0171. The highest BCUT2D eigenvalue weighted by Gasteiger charge is 2.21. The van der Waals surface area contributed by atoms with E-state index in [4.69, 9.17) is 0 Å². The number of amides is 1. The molecular formula is C10H16N4OS. The highest BCUT2D eigenvalue weighted by molar-refractivity contribution is 7.99. The number of hydrogen-bond donors (Lipinski definition) is 2. The van der Waals surface area contributed by atoms with Crippen LogP contribution in [0.3, 0.4) is 0 Å². The summed E-state index contributed by atoms with van der Waals surface area (Å²) in [5.41, 5.74) is 1.13. The third-order valence-electron chi connectivity index (χ3n) is 2.64. The average Bonchev–Trinajstić information content (AvgIpc) is 2.90. The number of thioether (sulfide) groups is 1. The van der Waals surface area contributed by atoms with Crippen LogP contribution in [0, 0.1) is 0 Å². The van der Waals surface area contributed by atoms with Gasteiger partial charge in [-0.1, -0.05) is 0 Å². The van der Waals surface area contributed by atoms with Gasteiger partial charge in [0.2, 0.25) is 5.91 Å². The molecule has 0 spiro atoms. The summed E-state index contributed by atoms with van der Waals surface area (Å²) in [6.45, 7) is 0.668. The first-order valence-corrected chi connectivity index (χ1v) is 6.48. The molecule has 0 aliphatic carbocycles. The Hall–Kier alpha value is -1.01. The lowest BCUT2D eigenvalue weighted by Crippen LogP contribution is -2.42. The van der Waals surface area contributed by atoms with Crippen LogP contribution in [-0.2, 0) is 18.3 Å². The Kier molecular flexibility index (Phi) is 3.84. The van der Waals surface area contributed by atoms with E-state index >= 15 is 0 Å². The van der Waals surface area contributed by atoms with Crippen molar-refractivity contribution in [3.63, 3.8) is 0 Å². The van der Waals surface area contributed by atoms with E-state index in [9.17, 15) is 4.79 Å².